The van der Waals surface area contributed by atoms with Gasteiger partial charge in [-0.25, -0.2) is 0 Å². The lowest BCUT2D eigenvalue weighted by Crippen LogP contribution is -2.45. The van der Waals surface area contributed by atoms with Crippen LogP contribution in [0.25, 0.3) is 0 Å². The van der Waals surface area contributed by atoms with Crippen molar-refractivity contribution in [3.8, 4) is 0 Å². The first kappa shape index (κ1) is 17.9. The first-order valence-electron chi connectivity index (χ1n) is 9.32. The van der Waals surface area contributed by atoms with Gasteiger partial charge in [0.05, 0.1) is 0 Å². The lowest BCUT2D eigenvalue weighted by molar-refractivity contribution is -0.137. The van der Waals surface area contributed by atoms with E-state index in [2.05, 4.69) is 24.3 Å². The first-order valence-corrected chi connectivity index (χ1v) is 9.32. The molecule has 3 rings (SSSR count). The number of aryl methyl sites for hydroxylation is 1. The van der Waals surface area contributed by atoms with Crippen LogP contribution in [0, 0.1) is 0 Å². The number of likely N-dealkylation sites (N-methyl/N-ethyl adjacent to an activating group) is 1. The summed E-state index contributed by atoms with van der Waals surface area (Å²) < 4.78 is 0. The van der Waals surface area contributed by atoms with Gasteiger partial charge in [0.1, 0.15) is 6.61 Å². The van der Waals surface area contributed by atoms with E-state index in [0.717, 1.165) is 32.1 Å². The number of aliphatic hydroxyl groups is 1. The summed E-state index contributed by atoms with van der Waals surface area (Å²) in [7, 11) is 1.83. The maximum absolute atomic E-state index is 12.7. The predicted molar refractivity (Wildman–Crippen MR) is 96.2 cm³/mol. The summed E-state index contributed by atoms with van der Waals surface area (Å²) in [6.07, 6.45) is 5.68. The zero-order valence-corrected chi connectivity index (χ0v) is 15.0. The molecule has 5 nitrogen and oxygen atoms in total. The second kappa shape index (κ2) is 8.00. The van der Waals surface area contributed by atoms with E-state index in [9.17, 15) is 9.59 Å². The molecule has 5 heteroatoms. The Morgan fingerprint density at radius 2 is 2.04 bits per heavy atom. The van der Waals surface area contributed by atoms with E-state index in [1.807, 2.05) is 7.05 Å². The van der Waals surface area contributed by atoms with Crippen LogP contribution in [0.3, 0.4) is 0 Å². The third-order valence-corrected chi connectivity index (χ3v) is 5.66. The molecule has 1 aliphatic carbocycles. The highest BCUT2D eigenvalue weighted by Crippen LogP contribution is 2.34. The van der Waals surface area contributed by atoms with E-state index < -0.39 is 6.61 Å². The Balaban J connectivity index is 1.59. The lowest BCUT2D eigenvalue weighted by Gasteiger charge is -2.30. The number of hydrogen-bond acceptors (Lipinski definition) is 3. The molecule has 0 aromatic heterocycles. The molecule has 1 fully saturated rings. The van der Waals surface area contributed by atoms with Crippen LogP contribution in [-0.4, -0.2) is 59.5 Å². The van der Waals surface area contributed by atoms with Crippen molar-refractivity contribution in [2.45, 2.75) is 50.5 Å². The summed E-state index contributed by atoms with van der Waals surface area (Å²) in [6, 6.07) is 8.49. The topological polar surface area (TPSA) is 60.9 Å². The van der Waals surface area contributed by atoms with E-state index in [1.54, 1.807) is 9.80 Å². The average molecular weight is 344 g/mol. The number of rotatable bonds is 5. The minimum Gasteiger partial charge on any atom is -0.387 e. The van der Waals surface area contributed by atoms with Gasteiger partial charge in [-0.2, -0.15) is 0 Å². The molecule has 1 aliphatic heterocycles. The van der Waals surface area contributed by atoms with E-state index >= 15 is 0 Å². The van der Waals surface area contributed by atoms with Crippen molar-refractivity contribution in [2.75, 3.05) is 26.7 Å². The summed E-state index contributed by atoms with van der Waals surface area (Å²) in [5.74, 6) is 0.216. The molecule has 2 amide bonds. The molecule has 0 radical (unpaired) electrons. The minimum absolute atomic E-state index is 0.0345. The molecule has 136 valence electrons. The van der Waals surface area contributed by atoms with Crippen LogP contribution in [0.4, 0.5) is 0 Å². The number of fused-ring (bicyclic) bond motifs is 1. The van der Waals surface area contributed by atoms with Gasteiger partial charge < -0.3 is 14.9 Å². The zero-order chi connectivity index (χ0) is 17.8. The van der Waals surface area contributed by atoms with Crippen molar-refractivity contribution >= 4 is 11.8 Å². The summed E-state index contributed by atoms with van der Waals surface area (Å²) in [5.41, 5.74) is 2.71. The van der Waals surface area contributed by atoms with Crippen molar-refractivity contribution in [3.63, 3.8) is 0 Å². The second-order valence-electron chi connectivity index (χ2n) is 7.31. The van der Waals surface area contributed by atoms with Gasteiger partial charge in [-0.05, 0) is 49.1 Å². The van der Waals surface area contributed by atoms with Gasteiger partial charge >= 0.3 is 0 Å². The molecule has 0 saturated carbocycles. The highest BCUT2D eigenvalue weighted by molar-refractivity contribution is 5.79. The molecule has 2 unspecified atom stereocenters. The third kappa shape index (κ3) is 4.03. The molecule has 2 atom stereocenters. The smallest absolute Gasteiger partial charge is 0.248 e. The Morgan fingerprint density at radius 3 is 2.84 bits per heavy atom. The fraction of sp³-hybridized carbons (Fsp3) is 0.600. The van der Waals surface area contributed by atoms with E-state index in [0.29, 0.717) is 25.4 Å². The Labute approximate surface area is 149 Å². The summed E-state index contributed by atoms with van der Waals surface area (Å²) in [4.78, 5) is 28.0. The first-order chi connectivity index (χ1) is 12.1. The summed E-state index contributed by atoms with van der Waals surface area (Å²) in [5, 5.41) is 9.09. The van der Waals surface area contributed by atoms with Gasteiger partial charge in [0.25, 0.3) is 0 Å². The SMILES string of the molecule is CN(CC1CCCN1C(=O)CO)C(=O)CC1CCCc2ccccc21. The normalized spacial score (nSPS) is 22.6. The van der Waals surface area contributed by atoms with Gasteiger partial charge in [0, 0.05) is 32.6 Å². The lowest BCUT2D eigenvalue weighted by atomic mass is 9.81. The van der Waals surface area contributed by atoms with Crippen molar-refractivity contribution in [3.05, 3.63) is 35.4 Å². The maximum Gasteiger partial charge on any atom is 0.248 e. The fourth-order valence-electron chi connectivity index (χ4n) is 4.30. The fourth-order valence-corrected chi connectivity index (χ4v) is 4.30. The predicted octanol–water partition coefficient (Wildman–Crippen LogP) is 1.94. The average Bonchev–Trinajstić information content (AvgIpc) is 3.09. The van der Waals surface area contributed by atoms with E-state index in [1.165, 1.54) is 11.1 Å². The van der Waals surface area contributed by atoms with E-state index in [-0.39, 0.29) is 17.9 Å². The second-order valence-corrected chi connectivity index (χ2v) is 7.31. The number of hydrogen-bond donors (Lipinski definition) is 1. The van der Waals surface area contributed by atoms with Crippen molar-refractivity contribution < 1.29 is 14.7 Å². The van der Waals surface area contributed by atoms with Gasteiger partial charge in [-0.15, -0.1) is 0 Å². The van der Waals surface area contributed by atoms with Crippen molar-refractivity contribution in [1.82, 2.24) is 9.80 Å². The number of carbonyl (C=O) groups excluding carboxylic acids is 2. The van der Waals surface area contributed by atoms with Gasteiger partial charge in [0.15, 0.2) is 0 Å². The Kier molecular flexibility index (Phi) is 5.74. The van der Waals surface area contributed by atoms with Crippen LogP contribution in [-0.2, 0) is 16.0 Å². The van der Waals surface area contributed by atoms with Crippen LogP contribution >= 0.6 is 0 Å². The van der Waals surface area contributed by atoms with Crippen LogP contribution < -0.4 is 0 Å². The number of amides is 2. The largest absolute Gasteiger partial charge is 0.387 e. The van der Waals surface area contributed by atoms with Crippen LogP contribution in [0.15, 0.2) is 24.3 Å². The van der Waals surface area contributed by atoms with Gasteiger partial charge in [-0.1, -0.05) is 24.3 Å². The Hall–Kier alpha value is -1.88. The van der Waals surface area contributed by atoms with Gasteiger partial charge in [-0.3, -0.25) is 9.59 Å². The molecule has 0 spiro atoms. The number of nitrogens with zero attached hydrogens (tertiary/aromatic N) is 2. The Morgan fingerprint density at radius 1 is 1.24 bits per heavy atom. The van der Waals surface area contributed by atoms with Crippen LogP contribution in [0.1, 0.15) is 49.1 Å². The zero-order valence-electron chi connectivity index (χ0n) is 15.0. The number of benzene rings is 1. The van der Waals surface area contributed by atoms with E-state index in [4.69, 9.17) is 5.11 Å². The monoisotopic (exact) mass is 344 g/mol. The van der Waals surface area contributed by atoms with Crippen LogP contribution in [0.5, 0.6) is 0 Å². The molecule has 2 aliphatic rings. The number of aliphatic hydroxyl groups excluding tert-OH is 1. The minimum atomic E-state index is -0.451. The molecule has 1 heterocycles. The summed E-state index contributed by atoms with van der Waals surface area (Å²) in [6.45, 7) is 0.786. The van der Waals surface area contributed by atoms with Gasteiger partial charge in [0.2, 0.25) is 11.8 Å². The molecule has 1 aromatic rings. The molecule has 1 N–H and O–H groups in total. The third-order valence-electron chi connectivity index (χ3n) is 5.66. The highest BCUT2D eigenvalue weighted by Gasteiger charge is 2.31. The Bertz CT molecular complexity index is 631. The molecule has 25 heavy (non-hydrogen) atoms. The quantitative estimate of drug-likeness (QED) is 0.888. The summed E-state index contributed by atoms with van der Waals surface area (Å²) >= 11 is 0. The van der Waals surface area contributed by atoms with Crippen molar-refractivity contribution in [2.24, 2.45) is 0 Å². The molecular weight excluding hydrogens is 316 g/mol. The standard InChI is InChI=1S/C20H28N2O3/c1-21(13-17-9-5-11-22(17)20(25)14-23)19(24)12-16-8-4-7-15-6-2-3-10-18(15)16/h2-3,6,10,16-17,23H,4-5,7-9,11-14H2,1H3. The van der Waals surface area contributed by atoms with Crippen LogP contribution in [0.2, 0.25) is 0 Å². The molecule has 0 bridgehead atoms. The number of likely N-dealkylation sites (tertiary alicyclic amines) is 1. The van der Waals surface area contributed by atoms with Crippen molar-refractivity contribution in [1.29, 1.82) is 0 Å². The maximum atomic E-state index is 12.7. The molecule has 1 saturated heterocycles. The molecular formula is C20H28N2O3. The number of carbonyl (C=O) groups is 2. The highest BCUT2D eigenvalue weighted by atomic mass is 16.3. The molecule has 1 aromatic carbocycles.